The molecule has 0 unspecified atom stereocenters. The average Bonchev–Trinajstić information content (AvgIpc) is 2.43. The lowest BCUT2D eigenvalue weighted by Gasteiger charge is -2.06. The van der Waals surface area contributed by atoms with E-state index in [1.54, 1.807) is 0 Å². The van der Waals surface area contributed by atoms with Gasteiger partial charge in [-0.25, -0.2) is 0 Å². The Hall–Kier alpha value is -1.69. The number of carboxylic acids is 1. The van der Waals surface area contributed by atoms with Gasteiger partial charge >= 0.3 is 5.97 Å². The van der Waals surface area contributed by atoms with E-state index < -0.39 is 5.97 Å². The number of hydrogen-bond acceptors (Lipinski definition) is 4. The molecule has 0 aliphatic heterocycles. The van der Waals surface area contributed by atoms with E-state index in [2.05, 4.69) is 5.32 Å². The van der Waals surface area contributed by atoms with Gasteiger partial charge < -0.3 is 15.2 Å². The summed E-state index contributed by atoms with van der Waals surface area (Å²) in [5.41, 5.74) is 0. The number of carbonyl (C=O) groups is 2. The SMILES string of the molecule is CCOc1ccc(SCC(=O)NCCCC(=O)O)cc1. The van der Waals surface area contributed by atoms with Crippen molar-refractivity contribution >= 4 is 23.6 Å². The third-order valence-corrected chi connectivity index (χ3v) is 3.41. The minimum Gasteiger partial charge on any atom is -0.494 e. The van der Waals surface area contributed by atoms with Crippen molar-refractivity contribution in [2.75, 3.05) is 18.9 Å². The van der Waals surface area contributed by atoms with E-state index in [4.69, 9.17) is 9.84 Å². The van der Waals surface area contributed by atoms with Gasteiger partial charge in [0, 0.05) is 17.9 Å². The fourth-order valence-electron chi connectivity index (χ4n) is 1.47. The molecule has 0 fully saturated rings. The monoisotopic (exact) mass is 297 g/mol. The fraction of sp³-hybridized carbons (Fsp3) is 0.429. The summed E-state index contributed by atoms with van der Waals surface area (Å²) >= 11 is 1.44. The van der Waals surface area contributed by atoms with Crippen LogP contribution in [0.25, 0.3) is 0 Å². The van der Waals surface area contributed by atoms with Gasteiger partial charge in [-0.2, -0.15) is 0 Å². The Bertz CT molecular complexity index is 433. The predicted molar refractivity (Wildman–Crippen MR) is 78.2 cm³/mol. The van der Waals surface area contributed by atoms with Crippen LogP contribution in [-0.4, -0.2) is 35.9 Å². The third-order valence-electron chi connectivity index (χ3n) is 2.39. The Morgan fingerprint density at radius 2 is 2.00 bits per heavy atom. The highest BCUT2D eigenvalue weighted by atomic mass is 32.2. The first-order valence-corrected chi connectivity index (χ1v) is 7.44. The molecule has 2 N–H and O–H groups in total. The molecule has 0 heterocycles. The standard InChI is InChI=1S/C14H19NO4S/c1-2-19-11-5-7-12(8-6-11)20-10-13(16)15-9-3-4-14(17)18/h5-8H,2-4,9-10H2,1H3,(H,15,16)(H,17,18). The van der Waals surface area contributed by atoms with Gasteiger partial charge in [-0.05, 0) is 37.6 Å². The van der Waals surface area contributed by atoms with Crippen LogP contribution in [0.3, 0.4) is 0 Å². The number of rotatable bonds is 9. The summed E-state index contributed by atoms with van der Waals surface area (Å²) in [6.07, 6.45) is 0.529. The van der Waals surface area contributed by atoms with E-state index in [-0.39, 0.29) is 12.3 Å². The van der Waals surface area contributed by atoms with E-state index in [1.807, 2.05) is 31.2 Å². The number of hydrogen-bond donors (Lipinski definition) is 2. The van der Waals surface area contributed by atoms with Crippen LogP contribution < -0.4 is 10.1 Å². The van der Waals surface area contributed by atoms with E-state index in [0.717, 1.165) is 10.6 Å². The van der Waals surface area contributed by atoms with Gasteiger partial charge in [-0.3, -0.25) is 9.59 Å². The summed E-state index contributed by atoms with van der Waals surface area (Å²) in [6.45, 7) is 2.96. The number of aliphatic carboxylic acids is 1. The van der Waals surface area contributed by atoms with Gasteiger partial charge in [0.05, 0.1) is 12.4 Å². The van der Waals surface area contributed by atoms with E-state index in [0.29, 0.717) is 25.3 Å². The van der Waals surface area contributed by atoms with Crippen LogP contribution in [0.4, 0.5) is 0 Å². The Morgan fingerprint density at radius 3 is 2.60 bits per heavy atom. The minimum atomic E-state index is -0.844. The number of nitrogens with one attached hydrogen (secondary N) is 1. The molecule has 1 aromatic carbocycles. The van der Waals surface area contributed by atoms with Gasteiger partial charge in [-0.1, -0.05) is 0 Å². The summed E-state index contributed by atoms with van der Waals surface area (Å²) in [7, 11) is 0. The molecule has 0 radical (unpaired) electrons. The highest BCUT2D eigenvalue weighted by molar-refractivity contribution is 8.00. The van der Waals surface area contributed by atoms with Crippen molar-refractivity contribution in [1.82, 2.24) is 5.32 Å². The van der Waals surface area contributed by atoms with Crippen LogP contribution in [-0.2, 0) is 9.59 Å². The van der Waals surface area contributed by atoms with Crippen molar-refractivity contribution in [3.05, 3.63) is 24.3 Å². The molecule has 0 atom stereocenters. The number of benzene rings is 1. The van der Waals surface area contributed by atoms with Crippen LogP contribution >= 0.6 is 11.8 Å². The van der Waals surface area contributed by atoms with Gasteiger partial charge in [0.1, 0.15) is 5.75 Å². The first-order chi connectivity index (χ1) is 9.61. The lowest BCUT2D eigenvalue weighted by molar-refractivity contribution is -0.137. The lowest BCUT2D eigenvalue weighted by Crippen LogP contribution is -2.26. The van der Waals surface area contributed by atoms with E-state index >= 15 is 0 Å². The van der Waals surface area contributed by atoms with Gasteiger partial charge in [0.15, 0.2) is 0 Å². The Balaban J connectivity index is 2.21. The number of amides is 1. The molecule has 0 aliphatic rings. The Kier molecular flexibility index (Phi) is 7.57. The smallest absolute Gasteiger partial charge is 0.303 e. The second kappa shape index (κ2) is 9.25. The molecule has 0 saturated carbocycles. The Labute approximate surface area is 122 Å². The van der Waals surface area contributed by atoms with Crippen LogP contribution in [0.2, 0.25) is 0 Å². The normalized spacial score (nSPS) is 10.1. The number of carbonyl (C=O) groups excluding carboxylic acids is 1. The topological polar surface area (TPSA) is 75.6 Å². The molecule has 1 aromatic rings. The zero-order valence-corrected chi connectivity index (χ0v) is 12.2. The maximum Gasteiger partial charge on any atom is 0.303 e. The molecule has 1 rings (SSSR count). The highest BCUT2D eigenvalue weighted by Gasteiger charge is 2.03. The van der Waals surface area contributed by atoms with Crippen LogP contribution in [0.1, 0.15) is 19.8 Å². The van der Waals surface area contributed by atoms with Crippen molar-refractivity contribution < 1.29 is 19.4 Å². The van der Waals surface area contributed by atoms with Crippen LogP contribution in [0.5, 0.6) is 5.75 Å². The zero-order valence-electron chi connectivity index (χ0n) is 11.4. The molecule has 1 amide bonds. The second-order valence-electron chi connectivity index (χ2n) is 4.04. The van der Waals surface area contributed by atoms with Crippen molar-refractivity contribution in [1.29, 1.82) is 0 Å². The van der Waals surface area contributed by atoms with Crippen LogP contribution in [0, 0.1) is 0 Å². The molecular formula is C14H19NO4S. The number of ether oxygens (including phenoxy) is 1. The maximum atomic E-state index is 11.5. The summed E-state index contributed by atoms with van der Waals surface area (Å²) in [4.78, 5) is 22.8. The summed E-state index contributed by atoms with van der Waals surface area (Å²) in [5, 5.41) is 11.2. The molecule has 0 aliphatic carbocycles. The van der Waals surface area contributed by atoms with Crippen LogP contribution in [0.15, 0.2) is 29.2 Å². The average molecular weight is 297 g/mol. The molecule has 5 nitrogen and oxygen atoms in total. The highest BCUT2D eigenvalue weighted by Crippen LogP contribution is 2.21. The molecular weight excluding hydrogens is 278 g/mol. The van der Waals surface area contributed by atoms with Crippen molar-refractivity contribution in [2.24, 2.45) is 0 Å². The molecule has 0 spiro atoms. The lowest BCUT2D eigenvalue weighted by atomic mass is 10.3. The fourth-order valence-corrected chi connectivity index (χ4v) is 2.19. The third kappa shape index (κ3) is 7.04. The Morgan fingerprint density at radius 1 is 1.30 bits per heavy atom. The predicted octanol–water partition coefficient (Wildman–Crippen LogP) is 2.16. The van der Waals surface area contributed by atoms with E-state index in [9.17, 15) is 9.59 Å². The first kappa shape index (κ1) is 16.4. The van der Waals surface area contributed by atoms with Crippen molar-refractivity contribution in [2.45, 2.75) is 24.7 Å². The summed E-state index contributed by atoms with van der Waals surface area (Å²) in [6, 6.07) is 7.56. The van der Waals surface area contributed by atoms with Gasteiger partial charge in [-0.15, -0.1) is 11.8 Å². The first-order valence-electron chi connectivity index (χ1n) is 6.46. The van der Waals surface area contributed by atoms with Gasteiger partial charge in [0.25, 0.3) is 0 Å². The minimum absolute atomic E-state index is 0.0757. The maximum absolute atomic E-state index is 11.5. The molecule has 20 heavy (non-hydrogen) atoms. The largest absolute Gasteiger partial charge is 0.494 e. The van der Waals surface area contributed by atoms with Crippen molar-refractivity contribution in [3.63, 3.8) is 0 Å². The molecule has 0 aromatic heterocycles. The summed E-state index contributed by atoms with van der Waals surface area (Å²) < 4.78 is 5.33. The number of carboxylic acid groups (broad SMARTS) is 1. The molecule has 6 heteroatoms. The van der Waals surface area contributed by atoms with Gasteiger partial charge in [0.2, 0.25) is 5.91 Å². The second-order valence-corrected chi connectivity index (χ2v) is 5.09. The molecule has 0 saturated heterocycles. The number of thioether (sulfide) groups is 1. The van der Waals surface area contributed by atoms with E-state index in [1.165, 1.54) is 11.8 Å². The quantitative estimate of drug-likeness (QED) is 0.539. The van der Waals surface area contributed by atoms with Crippen molar-refractivity contribution in [3.8, 4) is 5.75 Å². The molecule has 0 bridgehead atoms. The molecule has 110 valence electrons. The zero-order chi connectivity index (χ0) is 14.8. The summed E-state index contributed by atoms with van der Waals surface area (Å²) in [5.74, 6) is 0.202.